The molecule has 0 spiro atoms. The van der Waals surface area contributed by atoms with Gasteiger partial charge >= 0.3 is 5.97 Å². The summed E-state index contributed by atoms with van der Waals surface area (Å²) < 4.78 is 5.34. The minimum absolute atomic E-state index is 0.0216. The number of aldehydes is 1. The maximum absolute atomic E-state index is 12.2. The second-order valence-electron chi connectivity index (χ2n) is 6.95. The van der Waals surface area contributed by atoms with E-state index in [0.29, 0.717) is 38.5 Å². The molecule has 0 saturated carbocycles. The average molecular weight is 356 g/mol. The Kier molecular flexibility index (Phi) is 11.5. The summed E-state index contributed by atoms with van der Waals surface area (Å²) >= 11 is 0. The van der Waals surface area contributed by atoms with Crippen LogP contribution in [0, 0.1) is 0 Å². The van der Waals surface area contributed by atoms with Gasteiger partial charge in [-0.05, 0) is 46.5 Å². The highest BCUT2D eigenvalue weighted by molar-refractivity contribution is 5.85. The quantitative estimate of drug-likeness (QED) is 0.316. The number of amides is 2. The van der Waals surface area contributed by atoms with E-state index in [0.717, 1.165) is 6.42 Å². The molecule has 7 heteroatoms. The normalized spacial score (nSPS) is 12.2. The molecule has 1 unspecified atom stereocenters. The van der Waals surface area contributed by atoms with E-state index in [9.17, 15) is 19.2 Å². The van der Waals surface area contributed by atoms with Crippen molar-refractivity contribution in [2.24, 2.45) is 0 Å². The van der Waals surface area contributed by atoms with E-state index < -0.39 is 17.6 Å². The second-order valence-corrected chi connectivity index (χ2v) is 6.95. The molecule has 0 rings (SSSR count). The lowest BCUT2D eigenvalue weighted by Crippen LogP contribution is -2.44. The summed E-state index contributed by atoms with van der Waals surface area (Å²) in [6.45, 7) is 7.77. The van der Waals surface area contributed by atoms with Crippen molar-refractivity contribution >= 4 is 24.1 Å². The van der Waals surface area contributed by atoms with Crippen molar-refractivity contribution in [2.45, 2.75) is 84.3 Å². The number of carbonyl (C=O) groups is 4. The summed E-state index contributed by atoms with van der Waals surface area (Å²) in [5.41, 5.74) is -0.642. The fourth-order valence-electron chi connectivity index (χ4n) is 2.10. The van der Waals surface area contributed by atoms with E-state index in [2.05, 4.69) is 10.6 Å². The first-order chi connectivity index (χ1) is 11.7. The molecule has 0 saturated heterocycles. The summed E-state index contributed by atoms with van der Waals surface area (Å²) in [5.74, 6) is -0.811. The number of hydrogen-bond acceptors (Lipinski definition) is 5. The van der Waals surface area contributed by atoms with Crippen LogP contribution < -0.4 is 10.6 Å². The molecule has 0 fully saturated rings. The molecule has 0 aliphatic rings. The van der Waals surface area contributed by atoms with Crippen LogP contribution in [0.5, 0.6) is 0 Å². The highest BCUT2D eigenvalue weighted by atomic mass is 16.6. The summed E-state index contributed by atoms with van der Waals surface area (Å²) in [7, 11) is 0. The Morgan fingerprint density at radius 2 is 1.76 bits per heavy atom. The first-order valence-electron chi connectivity index (χ1n) is 8.92. The van der Waals surface area contributed by atoms with Crippen molar-refractivity contribution in [3.8, 4) is 0 Å². The minimum Gasteiger partial charge on any atom is -0.458 e. The monoisotopic (exact) mass is 356 g/mol. The molecule has 0 aliphatic heterocycles. The van der Waals surface area contributed by atoms with Gasteiger partial charge in [-0.2, -0.15) is 0 Å². The van der Waals surface area contributed by atoms with E-state index in [1.165, 1.54) is 0 Å². The minimum atomic E-state index is -0.746. The lowest BCUT2D eigenvalue weighted by Gasteiger charge is -2.24. The van der Waals surface area contributed by atoms with E-state index in [4.69, 9.17) is 4.74 Å². The maximum Gasteiger partial charge on any atom is 0.329 e. The van der Waals surface area contributed by atoms with E-state index in [-0.39, 0.29) is 24.7 Å². The van der Waals surface area contributed by atoms with Crippen molar-refractivity contribution < 1.29 is 23.9 Å². The van der Waals surface area contributed by atoms with Crippen molar-refractivity contribution in [3.63, 3.8) is 0 Å². The molecule has 0 bridgehead atoms. The summed E-state index contributed by atoms with van der Waals surface area (Å²) in [6, 6.07) is -0.746. The van der Waals surface area contributed by atoms with E-state index >= 15 is 0 Å². The molecule has 7 nitrogen and oxygen atoms in total. The molecule has 0 aromatic rings. The van der Waals surface area contributed by atoms with Crippen molar-refractivity contribution in [1.82, 2.24) is 10.6 Å². The van der Waals surface area contributed by atoms with Gasteiger partial charge in [-0.15, -0.1) is 0 Å². The van der Waals surface area contributed by atoms with Gasteiger partial charge in [0.2, 0.25) is 11.8 Å². The Bertz CT molecular complexity index is 443. The van der Waals surface area contributed by atoms with E-state index in [1.807, 2.05) is 6.92 Å². The number of hydrogen-bond donors (Lipinski definition) is 2. The zero-order valence-corrected chi connectivity index (χ0v) is 15.9. The van der Waals surface area contributed by atoms with Crippen LogP contribution in [0.2, 0.25) is 0 Å². The molecular weight excluding hydrogens is 324 g/mol. The molecule has 144 valence electrons. The second kappa shape index (κ2) is 12.4. The standard InChI is InChI=1S/C18H32N2O5/c1-5-9-15(22)19-12-7-6-10-14(17(24)25-18(2,3)4)20-16(23)11-8-13-21/h13-14H,5-12H2,1-4H3,(H,19,22)(H,20,23). The van der Waals surface area contributed by atoms with Crippen LogP contribution >= 0.6 is 0 Å². The third-order valence-corrected chi connectivity index (χ3v) is 3.23. The first kappa shape index (κ1) is 23.1. The predicted molar refractivity (Wildman–Crippen MR) is 94.8 cm³/mol. The van der Waals surface area contributed by atoms with Gasteiger partial charge in [-0.3, -0.25) is 9.59 Å². The SMILES string of the molecule is CCCC(=O)NCCCCC(NC(=O)CCC=O)C(=O)OC(C)(C)C. The van der Waals surface area contributed by atoms with Crippen LogP contribution in [-0.2, 0) is 23.9 Å². The maximum atomic E-state index is 12.2. The van der Waals surface area contributed by atoms with E-state index in [1.54, 1.807) is 20.8 Å². The zero-order valence-electron chi connectivity index (χ0n) is 15.9. The number of nitrogens with one attached hydrogen (secondary N) is 2. The molecular formula is C18H32N2O5. The summed E-state index contributed by atoms with van der Waals surface area (Å²) in [4.78, 5) is 45.8. The Morgan fingerprint density at radius 1 is 1.08 bits per heavy atom. The number of ether oxygens (including phenoxy) is 1. The van der Waals surface area contributed by atoms with Crippen molar-refractivity contribution in [3.05, 3.63) is 0 Å². The van der Waals surface area contributed by atoms with Crippen LogP contribution in [0.4, 0.5) is 0 Å². The zero-order chi connectivity index (χ0) is 19.3. The van der Waals surface area contributed by atoms with Crippen LogP contribution in [0.15, 0.2) is 0 Å². The van der Waals surface area contributed by atoms with Crippen molar-refractivity contribution in [2.75, 3.05) is 6.54 Å². The third kappa shape index (κ3) is 13.1. The smallest absolute Gasteiger partial charge is 0.329 e. The molecule has 2 N–H and O–H groups in total. The molecule has 0 aliphatic carbocycles. The molecule has 1 atom stereocenters. The largest absolute Gasteiger partial charge is 0.458 e. The number of rotatable bonds is 12. The van der Waals surface area contributed by atoms with Gasteiger partial charge in [0.25, 0.3) is 0 Å². The molecule has 0 radical (unpaired) electrons. The third-order valence-electron chi connectivity index (χ3n) is 3.23. The van der Waals surface area contributed by atoms with Gasteiger partial charge in [-0.25, -0.2) is 4.79 Å². The Balaban J connectivity index is 4.42. The van der Waals surface area contributed by atoms with Gasteiger partial charge in [-0.1, -0.05) is 6.92 Å². The predicted octanol–water partition coefficient (Wildman–Crippen LogP) is 1.88. The van der Waals surface area contributed by atoms with Gasteiger partial charge in [0.05, 0.1) is 0 Å². The van der Waals surface area contributed by atoms with Gasteiger partial charge < -0.3 is 20.2 Å². The van der Waals surface area contributed by atoms with Crippen molar-refractivity contribution in [1.29, 1.82) is 0 Å². The molecule has 0 heterocycles. The lowest BCUT2D eigenvalue weighted by atomic mass is 10.1. The number of esters is 1. The first-order valence-corrected chi connectivity index (χ1v) is 8.92. The molecule has 0 aromatic carbocycles. The Hall–Kier alpha value is -1.92. The van der Waals surface area contributed by atoms with Crippen LogP contribution in [0.1, 0.15) is 72.6 Å². The number of carbonyl (C=O) groups excluding carboxylic acids is 4. The Morgan fingerprint density at radius 3 is 2.32 bits per heavy atom. The topological polar surface area (TPSA) is 102 Å². The lowest BCUT2D eigenvalue weighted by molar-refractivity contribution is -0.158. The van der Waals surface area contributed by atoms with Crippen LogP contribution in [0.3, 0.4) is 0 Å². The fraction of sp³-hybridized carbons (Fsp3) is 0.778. The highest BCUT2D eigenvalue weighted by Crippen LogP contribution is 2.11. The van der Waals surface area contributed by atoms with Gasteiger partial charge in [0.15, 0.2) is 0 Å². The van der Waals surface area contributed by atoms with Gasteiger partial charge in [0.1, 0.15) is 17.9 Å². The summed E-state index contributed by atoms with van der Waals surface area (Å²) in [5, 5.41) is 5.45. The summed E-state index contributed by atoms with van der Waals surface area (Å²) in [6.07, 6.45) is 3.94. The Labute approximate surface area is 150 Å². The molecule has 2 amide bonds. The molecule has 25 heavy (non-hydrogen) atoms. The number of unbranched alkanes of at least 4 members (excludes halogenated alkanes) is 1. The highest BCUT2D eigenvalue weighted by Gasteiger charge is 2.26. The van der Waals surface area contributed by atoms with Gasteiger partial charge in [0, 0.05) is 25.8 Å². The van der Waals surface area contributed by atoms with Crippen LogP contribution in [-0.4, -0.2) is 42.3 Å². The van der Waals surface area contributed by atoms with Crippen LogP contribution in [0.25, 0.3) is 0 Å². The molecule has 0 aromatic heterocycles. The fourth-order valence-corrected chi connectivity index (χ4v) is 2.10. The average Bonchev–Trinajstić information content (AvgIpc) is 2.50.